The molecule has 3 aromatic rings. The van der Waals surface area contributed by atoms with Gasteiger partial charge in [-0.2, -0.15) is 0 Å². The van der Waals surface area contributed by atoms with Crippen LogP contribution in [-0.2, 0) is 15.6 Å². The fraction of sp³-hybridized carbons (Fsp3) is 0.118. The molecule has 2 aromatic heterocycles. The van der Waals surface area contributed by atoms with E-state index in [1.165, 1.54) is 7.11 Å². The van der Waals surface area contributed by atoms with E-state index in [0.29, 0.717) is 15.8 Å². The molecule has 1 aromatic carbocycles. The molecule has 0 spiro atoms. The van der Waals surface area contributed by atoms with E-state index in [2.05, 4.69) is 20.9 Å². The van der Waals surface area contributed by atoms with Crippen molar-refractivity contribution >= 4 is 25.8 Å². The fourth-order valence-electron chi connectivity index (χ4n) is 2.34. The van der Waals surface area contributed by atoms with Gasteiger partial charge >= 0.3 is 0 Å². The van der Waals surface area contributed by atoms with Crippen LogP contribution in [0.2, 0.25) is 0 Å². The fourth-order valence-corrected chi connectivity index (χ4v) is 4.37. The van der Waals surface area contributed by atoms with Crippen molar-refractivity contribution in [3.05, 3.63) is 65.3 Å². The van der Waals surface area contributed by atoms with Crippen molar-refractivity contribution in [2.45, 2.75) is 10.6 Å². The van der Waals surface area contributed by atoms with Crippen LogP contribution < -0.4 is 4.74 Å². The molecule has 0 amide bonds. The first-order valence-corrected chi connectivity index (χ1v) is 9.47. The standard InChI is InChI=1S/C17H14BrNO4S/c1-22-16-3-2-15(18)7-17(16)24(20,21)11-12-6-14(9-19-8-12)13-4-5-23-10-13/h2-10H,11H2,1H3. The van der Waals surface area contributed by atoms with Crippen molar-refractivity contribution in [1.29, 1.82) is 0 Å². The highest BCUT2D eigenvalue weighted by molar-refractivity contribution is 9.10. The molecule has 0 saturated carbocycles. The normalized spacial score (nSPS) is 11.4. The molecule has 24 heavy (non-hydrogen) atoms. The highest BCUT2D eigenvalue weighted by Gasteiger charge is 2.21. The van der Waals surface area contributed by atoms with Crippen LogP contribution in [-0.4, -0.2) is 20.5 Å². The van der Waals surface area contributed by atoms with Crippen LogP contribution in [0.4, 0.5) is 0 Å². The predicted molar refractivity (Wildman–Crippen MR) is 93.5 cm³/mol. The number of furan rings is 1. The second-order valence-electron chi connectivity index (χ2n) is 5.15. The average Bonchev–Trinajstić information content (AvgIpc) is 3.09. The van der Waals surface area contributed by atoms with Gasteiger partial charge in [0.15, 0.2) is 9.84 Å². The third-order valence-electron chi connectivity index (χ3n) is 3.47. The third kappa shape index (κ3) is 3.52. The van der Waals surface area contributed by atoms with Gasteiger partial charge in [-0.3, -0.25) is 4.98 Å². The Morgan fingerprint density at radius 3 is 2.71 bits per heavy atom. The van der Waals surface area contributed by atoms with Gasteiger partial charge in [0.25, 0.3) is 0 Å². The zero-order chi connectivity index (χ0) is 17.2. The Labute approximate surface area is 148 Å². The maximum absolute atomic E-state index is 12.8. The van der Waals surface area contributed by atoms with E-state index < -0.39 is 9.84 Å². The summed E-state index contributed by atoms with van der Waals surface area (Å²) in [5, 5.41) is 0. The van der Waals surface area contributed by atoms with Gasteiger partial charge in [-0.25, -0.2) is 8.42 Å². The highest BCUT2D eigenvalue weighted by atomic mass is 79.9. The Kier molecular flexibility index (Phi) is 4.73. The molecule has 3 rings (SSSR count). The van der Waals surface area contributed by atoms with Gasteiger partial charge in [0, 0.05) is 28.0 Å². The number of hydrogen-bond donors (Lipinski definition) is 0. The van der Waals surface area contributed by atoms with Crippen LogP contribution in [0.1, 0.15) is 5.56 Å². The molecule has 5 nitrogen and oxygen atoms in total. The molecule has 7 heteroatoms. The number of nitrogens with zero attached hydrogens (tertiary/aromatic N) is 1. The second-order valence-corrected chi connectivity index (χ2v) is 8.02. The molecule has 0 radical (unpaired) electrons. The van der Waals surface area contributed by atoms with Crippen LogP contribution >= 0.6 is 15.9 Å². The minimum atomic E-state index is -3.58. The molecular weight excluding hydrogens is 394 g/mol. The second kappa shape index (κ2) is 6.78. The van der Waals surface area contributed by atoms with E-state index in [4.69, 9.17) is 9.15 Å². The largest absolute Gasteiger partial charge is 0.495 e. The number of sulfone groups is 1. The van der Waals surface area contributed by atoms with Gasteiger partial charge in [-0.05, 0) is 35.9 Å². The summed E-state index contributed by atoms with van der Waals surface area (Å²) in [4.78, 5) is 4.28. The molecule has 0 aliphatic rings. The number of ether oxygens (including phenoxy) is 1. The van der Waals surface area contributed by atoms with Gasteiger partial charge in [-0.15, -0.1) is 0 Å². The van der Waals surface area contributed by atoms with Gasteiger partial charge in [-0.1, -0.05) is 15.9 Å². The van der Waals surface area contributed by atoms with Crippen LogP contribution in [0, 0.1) is 0 Å². The van der Waals surface area contributed by atoms with E-state index >= 15 is 0 Å². The first-order chi connectivity index (χ1) is 11.5. The van der Waals surface area contributed by atoms with E-state index in [0.717, 1.165) is 11.1 Å². The number of pyridine rings is 1. The SMILES string of the molecule is COc1ccc(Br)cc1S(=O)(=O)Cc1cncc(-c2ccoc2)c1. The summed E-state index contributed by atoms with van der Waals surface area (Å²) in [7, 11) is -2.13. The molecule has 0 unspecified atom stereocenters. The Bertz CT molecular complexity index is 952. The molecule has 0 atom stereocenters. The molecule has 124 valence electrons. The molecule has 2 heterocycles. The maximum atomic E-state index is 12.8. The van der Waals surface area contributed by atoms with E-state index in [-0.39, 0.29) is 10.6 Å². The van der Waals surface area contributed by atoms with Crippen LogP contribution in [0.5, 0.6) is 5.75 Å². The minimum absolute atomic E-state index is 0.146. The summed E-state index contributed by atoms with van der Waals surface area (Å²) in [6, 6.07) is 8.49. The Morgan fingerprint density at radius 2 is 2.00 bits per heavy atom. The topological polar surface area (TPSA) is 69.4 Å². The first kappa shape index (κ1) is 16.7. The average molecular weight is 408 g/mol. The van der Waals surface area contributed by atoms with Gasteiger partial charge in [0.2, 0.25) is 0 Å². The molecule has 0 N–H and O–H groups in total. The lowest BCUT2D eigenvalue weighted by Crippen LogP contribution is -2.07. The van der Waals surface area contributed by atoms with E-state index in [9.17, 15) is 8.42 Å². The lowest BCUT2D eigenvalue weighted by molar-refractivity contribution is 0.402. The summed E-state index contributed by atoms with van der Waals surface area (Å²) in [5.41, 5.74) is 2.25. The van der Waals surface area contributed by atoms with Crippen molar-refractivity contribution in [3.63, 3.8) is 0 Å². The predicted octanol–water partition coefficient (Wildman–Crippen LogP) is 4.09. The summed E-state index contributed by atoms with van der Waals surface area (Å²) in [6.07, 6.45) is 6.37. The van der Waals surface area contributed by atoms with Gasteiger partial charge in [0.05, 0.1) is 25.4 Å². The van der Waals surface area contributed by atoms with E-state index in [1.54, 1.807) is 55.3 Å². The van der Waals surface area contributed by atoms with Gasteiger partial charge in [0.1, 0.15) is 10.6 Å². The summed E-state index contributed by atoms with van der Waals surface area (Å²) in [6.45, 7) is 0. The number of methoxy groups -OCH3 is 1. The van der Waals surface area contributed by atoms with Crippen molar-refractivity contribution in [1.82, 2.24) is 4.98 Å². The third-order valence-corrected chi connectivity index (χ3v) is 5.66. The molecular formula is C17H14BrNO4S. The Hall–Kier alpha value is -2.12. The number of rotatable bonds is 5. The summed E-state index contributed by atoms with van der Waals surface area (Å²) < 4.78 is 36.5. The van der Waals surface area contributed by atoms with E-state index in [1.807, 2.05) is 0 Å². The van der Waals surface area contributed by atoms with Crippen molar-refractivity contribution in [2.75, 3.05) is 7.11 Å². The Morgan fingerprint density at radius 1 is 1.17 bits per heavy atom. The lowest BCUT2D eigenvalue weighted by atomic mass is 10.1. The number of benzene rings is 1. The van der Waals surface area contributed by atoms with Crippen molar-refractivity contribution in [2.24, 2.45) is 0 Å². The summed E-state index contributed by atoms with van der Waals surface area (Å²) >= 11 is 3.30. The maximum Gasteiger partial charge on any atom is 0.186 e. The Balaban J connectivity index is 1.96. The van der Waals surface area contributed by atoms with Crippen molar-refractivity contribution < 1.29 is 17.6 Å². The number of halogens is 1. The van der Waals surface area contributed by atoms with Crippen LogP contribution in [0.15, 0.2) is 69.0 Å². The molecule has 0 aliphatic heterocycles. The van der Waals surface area contributed by atoms with Gasteiger partial charge < -0.3 is 9.15 Å². The highest BCUT2D eigenvalue weighted by Crippen LogP contribution is 2.30. The summed E-state index contributed by atoms with van der Waals surface area (Å²) in [5.74, 6) is 0.149. The minimum Gasteiger partial charge on any atom is -0.495 e. The monoisotopic (exact) mass is 407 g/mol. The van der Waals surface area contributed by atoms with Crippen LogP contribution in [0.3, 0.4) is 0 Å². The quantitative estimate of drug-likeness (QED) is 0.636. The smallest absolute Gasteiger partial charge is 0.186 e. The van der Waals surface area contributed by atoms with Crippen molar-refractivity contribution in [3.8, 4) is 16.9 Å². The number of aromatic nitrogens is 1. The molecule has 0 aliphatic carbocycles. The lowest BCUT2D eigenvalue weighted by Gasteiger charge is -2.10. The molecule has 0 saturated heterocycles. The first-order valence-electron chi connectivity index (χ1n) is 7.02. The molecule has 0 bridgehead atoms. The zero-order valence-electron chi connectivity index (χ0n) is 12.8. The number of hydrogen-bond acceptors (Lipinski definition) is 5. The van der Waals surface area contributed by atoms with Crippen LogP contribution in [0.25, 0.3) is 11.1 Å². The zero-order valence-corrected chi connectivity index (χ0v) is 15.2. The molecule has 0 fully saturated rings.